The SMILES string of the molecule is CCNc1nn(-c2cc(C)nc(C)n2)c(N)c1C#N. The fraction of sp³-hybridized carbons (Fsp3) is 0.333. The topological polar surface area (TPSA) is 105 Å². The van der Waals surface area contributed by atoms with Crippen LogP contribution in [0.15, 0.2) is 6.07 Å². The van der Waals surface area contributed by atoms with Gasteiger partial charge < -0.3 is 11.1 Å². The lowest BCUT2D eigenvalue weighted by molar-refractivity contribution is 0.831. The van der Waals surface area contributed by atoms with E-state index in [-0.39, 0.29) is 5.82 Å². The number of nitrogens with one attached hydrogen (secondary N) is 1. The molecule has 0 fully saturated rings. The highest BCUT2D eigenvalue weighted by Crippen LogP contribution is 2.23. The molecular weight excluding hydrogens is 242 g/mol. The standard InChI is InChI=1S/C12H15N7/c1-4-15-12-9(6-13)11(14)19(18-12)10-5-7(2)16-8(3)17-10/h5H,4,14H2,1-3H3,(H,15,18). The molecule has 7 heteroatoms. The number of rotatable bonds is 3. The molecule has 7 nitrogen and oxygen atoms in total. The van der Waals surface area contributed by atoms with Gasteiger partial charge in [-0.1, -0.05) is 0 Å². The Bertz CT molecular complexity index is 631. The average Bonchev–Trinajstić information content (AvgIpc) is 2.65. The number of aryl methyl sites for hydroxylation is 2. The van der Waals surface area contributed by atoms with Crippen LogP contribution in [0.5, 0.6) is 0 Å². The summed E-state index contributed by atoms with van der Waals surface area (Å²) in [5, 5.41) is 16.4. The first-order chi connectivity index (χ1) is 9.06. The molecule has 0 aromatic carbocycles. The van der Waals surface area contributed by atoms with Gasteiger partial charge in [-0.2, -0.15) is 9.94 Å². The van der Waals surface area contributed by atoms with Crippen molar-refractivity contribution in [3.63, 3.8) is 0 Å². The second kappa shape index (κ2) is 4.94. The van der Waals surface area contributed by atoms with Crippen LogP contribution in [-0.2, 0) is 0 Å². The summed E-state index contributed by atoms with van der Waals surface area (Å²) in [5.74, 6) is 1.93. The van der Waals surface area contributed by atoms with E-state index in [0.717, 1.165) is 5.69 Å². The third-order valence-electron chi connectivity index (χ3n) is 2.55. The van der Waals surface area contributed by atoms with Gasteiger partial charge in [-0.05, 0) is 20.8 Å². The molecule has 2 rings (SSSR count). The summed E-state index contributed by atoms with van der Waals surface area (Å²) >= 11 is 0. The first kappa shape index (κ1) is 12.8. The van der Waals surface area contributed by atoms with Crippen molar-refractivity contribution in [3.8, 4) is 11.9 Å². The number of nitrogens with zero attached hydrogens (tertiary/aromatic N) is 5. The summed E-state index contributed by atoms with van der Waals surface area (Å²) in [6, 6.07) is 3.82. The highest BCUT2D eigenvalue weighted by Gasteiger charge is 2.17. The van der Waals surface area contributed by atoms with Crippen molar-refractivity contribution >= 4 is 11.6 Å². The maximum Gasteiger partial charge on any atom is 0.168 e. The number of nitriles is 1. The fourth-order valence-corrected chi connectivity index (χ4v) is 1.81. The van der Waals surface area contributed by atoms with Gasteiger partial charge in [-0.15, -0.1) is 5.10 Å². The van der Waals surface area contributed by atoms with Gasteiger partial charge >= 0.3 is 0 Å². The van der Waals surface area contributed by atoms with E-state index >= 15 is 0 Å². The fourth-order valence-electron chi connectivity index (χ4n) is 1.81. The summed E-state index contributed by atoms with van der Waals surface area (Å²) < 4.78 is 1.46. The molecule has 2 heterocycles. The van der Waals surface area contributed by atoms with Crippen molar-refractivity contribution in [2.24, 2.45) is 0 Å². The van der Waals surface area contributed by atoms with Crippen LogP contribution in [0.4, 0.5) is 11.6 Å². The van der Waals surface area contributed by atoms with Crippen LogP contribution in [0.1, 0.15) is 24.0 Å². The first-order valence-electron chi connectivity index (χ1n) is 5.92. The molecule has 0 saturated heterocycles. The molecule has 0 aliphatic rings. The maximum absolute atomic E-state index is 9.14. The molecule has 19 heavy (non-hydrogen) atoms. The Labute approximate surface area is 111 Å². The molecule has 0 aliphatic carbocycles. The lowest BCUT2D eigenvalue weighted by Crippen LogP contribution is -2.07. The Kier molecular flexibility index (Phi) is 3.33. The summed E-state index contributed by atoms with van der Waals surface area (Å²) in [5.41, 5.74) is 7.10. The first-order valence-corrected chi connectivity index (χ1v) is 5.92. The Morgan fingerprint density at radius 2 is 2.16 bits per heavy atom. The van der Waals surface area contributed by atoms with E-state index < -0.39 is 0 Å². The summed E-state index contributed by atoms with van der Waals surface area (Å²) in [6.07, 6.45) is 0. The number of nitrogens with two attached hydrogens (primary N) is 1. The van der Waals surface area contributed by atoms with E-state index in [2.05, 4.69) is 26.5 Å². The van der Waals surface area contributed by atoms with Gasteiger partial charge in [0.15, 0.2) is 11.6 Å². The number of nitrogen functional groups attached to an aromatic ring is 1. The van der Waals surface area contributed by atoms with E-state index in [9.17, 15) is 0 Å². The van der Waals surface area contributed by atoms with Crippen molar-refractivity contribution in [1.82, 2.24) is 19.7 Å². The second-order valence-electron chi connectivity index (χ2n) is 4.08. The largest absolute Gasteiger partial charge is 0.382 e. The van der Waals surface area contributed by atoms with Gasteiger partial charge in [0.1, 0.15) is 23.3 Å². The number of hydrogen-bond acceptors (Lipinski definition) is 6. The number of hydrogen-bond donors (Lipinski definition) is 2. The summed E-state index contributed by atoms with van der Waals surface area (Å²) in [7, 11) is 0. The number of anilines is 2. The molecule has 0 amide bonds. The molecule has 0 saturated carbocycles. The summed E-state index contributed by atoms with van der Waals surface area (Å²) in [4.78, 5) is 8.49. The minimum absolute atomic E-state index is 0.274. The van der Waals surface area contributed by atoms with Crippen LogP contribution in [-0.4, -0.2) is 26.3 Å². The minimum atomic E-state index is 0.274. The van der Waals surface area contributed by atoms with Gasteiger partial charge in [-0.25, -0.2) is 9.97 Å². The van der Waals surface area contributed by atoms with Crippen LogP contribution in [0.3, 0.4) is 0 Å². The van der Waals surface area contributed by atoms with E-state index in [4.69, 9.17) is 11.0 Å². The lowest BCUT2D eigenvalue weighted by Gasteiger charge is -2.04. The lowest BCUT2D eigenvalue weighted by atomic mass is 10.3. The molecule has 98 valence electrons. The van der Waals surface area contributed by atoms with E-state index in [0.29, 0.717) is 29.6 Å². The Hall–Kier alpha value is -2.62. The third kappa shape index (κ3) is 2.33. The smallest absolute Gasteiger partial charge is 0.168 e. The maximum atomic E-state index is 9.14. The van der Waals surface area contributed by atoms with E-state index in [1.54, 1.807) is 13.0 Å². The molecule has 0 radical (unpaired) electrons. The molecule has 0 atom stereocenters. The van der Waals surface area contributed by atoms with Gasteiger partial charge in [0.05, 0.1) is 0 Å². The van der Waals surface area contributed by atoms with Gasteiger partial charge in [0, 0.05) is 18.3 Å². The predicted molar refractivity (Wildman–Crippen MR) is 71.9 cm³/mol. The Morgan fingerprint density at radius 3 is 2.74 bits per heavy atom. The zero-order valence-electron chi connectivity index (χ0n) is 11.1. The van der Waals surface area contributed by atoms with E-state index in [1.807, 2.05) is 13.8 Å². The molecule has 0 spiro atoms. The quantitative estimate of drug-likeness (QED) is 0.854. The molecule has 2 aromatic rings. The zero-order valence-corrected chi connectivity index (χ0v) is 11.1. The molecule has 0 aliphatic heterocycles. The Balaban J connectivity index is 2.59. The predicted octanol–water partition coefficient (Wildman–Crippen LogP) is 1.16. The molecule has 2 aromatic heterocycles. The Morgan fingerprint density at radius 1 is 1.42 bits per heavy atom. The minimum Gasteiger partial charge on any atom is -0.382 e. The van der Waals surface area contributed by atoms with Crippen molar-refractivity contribution < 1.29 is 0 Å². The zero-order chi connectivity index (χ0) is 14.0. The summed E-state index contributed by atoms with van der Waals surface area (Å²) in [6.45, 7) is 6.25. The van der Waals surface area contributed by atoms with E-state index in [1.165, 1.54) is 4.68 Å². The van der Waals surface area contributed by atoms with Crippen LogP contribution >= 0.6 is 0 Å². The van der Waals surface area contributed by atoms with Crippen molar-refractivity contribution in [2.75, 3.05) is 17.6 Å². The van der Waals surface area contributed by atoms with Gasteiger partial charge in [0.2, 0.25) is 0 Å². The molecule has 0 bridgehead atoms. The van der Waals surface area contributed by atoms with Crippen molar-refractivity contribution in [2.45, 2.75) is 20.8 Å². The normalized spacial score (nSPS) is 10.2. The monoisotopic (exact) mass is 257 g/mol. The van der Waals surface area contributed by atoms with Crippen LogP contribution in [0.2, 0.25) is 0 Å². The number of aromatic nitrogens is 4. The highest BCUT2D eigenvalue weighted by molar-refractivity contribution is 5.65. The highest BCUT2D eigenvalue weighted by atomic mass is 15.4. The average molecular weight is 257 g/mol. The van der Waals surface area contributed by atoms with Crippen molar-refractivity contribution in [1.29, 1.82) is 5.26 Å². The van der Waals surface area contributed by atoms with Crippen molar-refractivity contribution in [3.05, 3.63) is 23.1 Å². The second-order valence-corrected chi connectivity index (χ2v) is 4.08. The van der Waals surface area contributed by atoms with Crippen LogP contribution < -0.4 is 11.1 Å². The van der Waals surface area contributed by atoms with Crippen LogP contribution in [0.25, 0.3) is 5.82 Å². The molecular formula is C12H15N7. The molecule has 3 N–H and O–H groups in total. The molecule has 0 unspecified atom stereocenters. The van der Waals surface area contributed by atoms with Crippen LogP contribution in [0, 0.1) is 25.2 Å². The van der Waals surface area contributed by atoms with Gasteiger partial charge in [0.25, 0.3) is 0 Å². The third-order valence-corrected chi connectivity index (χ3v) is 2.55. The van der Waals surface area contributed by atoms with Gasteiger partial charge in [-0.3, -0.25) is 0 Å².